The number of hydrogen-bond donors (Lipinski definition) is 1. The number of rotatable bonds is 3. The first-order valence-corrected chi connectivity index (χ1v) is 11.3. The Bertz CT molecular complexity index is 1550. The molecule has 2 aromatic carbocycles. The van der Waals surface area contributed by atoms with Gasteiger partial charge in [-0.05, 0) is 48.4 Å². The number of hydrogen-bond acceptors (Lipinski definition) is 6. The molecule has 2 aliphatic rings. The van der Waals surface area contributed by atoms with Gasteiger partial charge in [0.05, 0.1) is 35.2 Å². The monoisotopic (exact) mass is 454 g/mol. The lowest BCUT2D eigenvalue weighted by molar-refractivity contribution is 0.0697. The van der Waals surface area contributed by atoms with Crippen LogP contribution in [0.4, 0.5) is 5.82 Å². The predicted molar refractivity (Wildman–Crippen MR) is 130 cm³/mol. The number of ether oxygens (including phenoxy) is 1. The number of anilines is 1. The number of pyridine rings is 1. The molecular weight excluding hydrogens is 432 g/mol. The van der Waals surface area contributed by atoms with Crippen molar-refractivity contribution in [2.24, 2.45) is 0 Å². The lowest BCUT2D eigenvalue weighted by Crippen LogP contribution is -2.37. The van der Waals surface area contributed by atoms with Crippen LogP contribution in [0.25, 0.3) is 33.5 Å². The minimum Gasteiger partial charge on any atom is -0.478 e. The maximum atomic E-state index is 13.1. The molecule has 4 aromatic rings. The number of benzene rings is 2. The molecule has 4 heterocycles. The van der Waals surface area contributed by atoms with E-state index in [1.54, 1.807) is 10.6 Å². The van der Waals surface area contributed by atoms with E-state index in [2.05, 4.69) is 17.0 Å². The molecule has 0 radical (unpaired) electrons. The number of carboxylic acids is 1. The second-order valence-electron chi connectivity index (χ2n) is 8.54. The molecule has 0 amide bonds. The van der Waals surface area contributed by atoms with Crippen LogP contribution in [0.3, 0.4) is 0 Å². The van der Waals surface area contributed by atoms with Crippen molar-refractivity contribution in [3.63, 3.8) is 0 Å². The highest BCUT2D eigenvalue weighted by molar-refractivity contribution is 5.94. The highest BCUT2D eigenvalue weighted by atomic mass is 16.5. The van der Waals surface area contributed by atoms with E-state index in [0.29, 0.717) is 42.9 Å². The Morgan fingerprint density at radius 1 is 1.00 bits per heavy atom. The summed E-state index contributed by atoms with van der Waals surface area (Å²) in [6.45, 7) is 3.37. The Morgan fingerprint density at radius 2 is 1.82 bits per heavy atom. The summed E-state index contributed by atoms with van der Waals surface area (Å²) in [5.41, 5.74) is 3.20. The van der Waals surface area contributed by atoms with E-state index in [4.69, 9.17) is 14.7 Å². The number of carboxylic acid groups (broad SMARTS) is 1. The molecule has 2 aromatic heterocycles. The van der Waals surface area contributed by atoms with Crippen LogP contribution in [0.1, 0.15) is 28.2 Å². The number of morpholine rings is 1. The number of aromatic nitrogens is 3. The van der Waals surface area contributed by atoms with Gasteiger partial charge in [-0.25, -0.2) is 14.8 Å². The standard InChI is InChI=1S/C26H22N4O4/c31-25-20-6-5-18(26(32)33)15-22(20)28-24-17(7-8-30(24)25)14-19-13-16-3-1-2-4-21(16)27-23(19)29-9-11-34-12-10-29/h1-6,13-15H,7-12H2,(H,32,33)/b17-14-. The number of aromatic carboxylic acids is 1. The summed E-state index contributed by atoms with van der Waals surface area (Å²) in [4.78, 5) is 36.4. The molecule has 6 rings (SSSR count). The summed E-state index contributed by atoms with van der Waals surface area (Å²) >= 11 is 0. The van der Waals surface area contributed by atoms with Crippen molar-refractivity contribution in [2.75, 3.05) is 31.2 Å². The normalized spacial score (nSPS) is 16.9. The SMILES string of the molecule is O=C(O)c1ccc2c(=O)n3c(nc2c1)/C(=C\c1cc2ccccc2nc1N1CCOCC1)CC3. The molecule has 1 saturated heterocycles. The average molecular weight is 454 g/mol. The summed E-state index contributed by atoms with van der Waals surface area (Å²) < 4.78 is 7.21. The third-order valence-corrected chi connectivity index (χ3v) is 6.47. The lowest BCUT2D eigenvalue weighted by Gasteiger charge is -2.29. The van der Waals surface area contributed by atoms with Gasteiger partial charge in [0.25, 0.3) is 5.56 Å². The molecule has 0 atom stereocenters. The number of nitrogens with zero attached hydrogens (tertiary/aromatic N) is 4. The molecule has 0 bridgehead atoms. The average Bonchev–Trinajstić information content (AvgIpc) is 3.26. The molecule has 1 fully saturated rings. The van der Waals surface area contributed by atoms with Crippen LogP contribution in [0.2, 0.25) is 0 Å². The topological polar surface area (TPSA) is 97.5 Å². The number of para-hydroxylation sites is 1. The summed E-state index contributed by atoms with van der Waals surface area (Å²) in [5.74, 6) is 0.433. The van der Waals surface area contributed by atoms with Crippen molar-refractivity contribution < 1.29 is 14.6 Å². The largest absolute Gasteiger partial charge is 0.478 e. The zero-order valence-corrected chi connectivity index (χ0v) is 18.4. The lowest BCUT2D eigenvalue weighted by atomic mass is 10.1. The third-order valence-electron chi connectivity index (χ3n) is 6.47. The first-order valence-electron chi connectivity index (χ1n) is 11.3. The Hall–Kier alpha value is -4.04. The Balaban J connectivity index is 1.52. The minimum atomic E-state index is -1.04. The molecule has 8 heteroatoms. The molecule has 8 nitrogen and oxygen atoms in total. The number of carbonyl (C=O) groups is 1. The maximum Gasteiger partial charge on any atom is 0.335 e. The van der Waals surface area contributed by atoms with Crippen molar-refractivity contribution in [3.05, 3.63) is 75.8 Å². The van der Waals surface area contributed by atoms with Crippen LogP contribution in [0.5, 0.6) is 0 Å². The van der Waals surface area contributed by atoms with Crippen molar-refractivity contribution in [1.29, 1.82) is 0 Å². The van der Waals surface area contributed by atoms with Gasteiger partial charge in [0.2, 0.25) is 0 Å². The number of allylic oxidation sites excluding steroid dienone is 1. The fourth-order valence-corrected chi connectivity index (χ4v) is 4.73. The first kappa shape index (κ1) is 20.6. The van der Waals surface area contributed by atoms with Gasteiger partial charge >= 0.3 is 5.97 Å². The van der Waals surface area contributed by atoms with E-state index < -0.39 is 5.97 Å². The number of fused-ring (bicyclic) bond motifs is 3. The summed E-state index contributed by atoms with van der Waals surface area (Å²) in [7, 11) is 0. The van der Waals surface area contributed by atoms with Crippen molar-refractivity contribution in [1.82, 2.24) is 14.5 Å². The van der Waals surface area contributed by atoms with Gasteiger partial charge in [-0.15, -0.1) is 0 Å². The third kappa shape index (κ3) is 3.43. The minimum absolute atomic E-state index is 0.112. The highest BCUT2D eigenvalue weighted by Gasteiger charge is 2.23. The van der Waals surface area contributed by atoms with Crippen LogP contribution >= 0.6 is 0 Å². The fourth-order valence-electron chi connectivity index (χ4n) is 4.73. The molecule has 1 N–H and O–H groups in total. The van der Waals surface area contributed by atoms with Gasteiger partial charge in [-0.3, -0.25) is 9.36 Å². The second-order valence-corrected chi connectivity index (χ2v) is 8.54. The van der Waals surface area contributed by atoms with Crippen molar-refractivity contribution >= 4 is 45.2 Å². The zero-order chi connectivity index (χ0) is 23.2. The van der Waals surface area contributed by atoms with Gasteiger partial charge < -0.3 is 14.7 Å². The molecule has 0 saturated carbocycles. The second kappa shape index (κ2) is 8.07. The molecule has 0 unspecified atom stereocenters. The summed E-state index contributed by atoms with van der Waals surface area (Å²) in [6, 6.07) is 14.6. The summed E-state index contributed by atoms with van der Waals surface area (Å²) in [5, 5.41) is 10.8. The molecule has 0 aliphatic carbocycles. The van der Waals surface area contributed by atoms with Crippen LogP contribution in [-0.2, 0) is 11.3 Å². The molecule has 34 heavy (non-hydrogen) atoms. The fraction of sp³-hybridized carbons (Fsp3) is 0.231. The Kier molecular flexibility index (Phi) is 4.88. The Morgan fingerprint density at radius 3 is 2.65 bits per heavy atom. The van der Waals surface area contributed by atoms with Crippen LogP contribution in [0.15, 0.2) is 53.3 Å². The molecule has 2 aliphatic heterocycles. The highest BCUT2D eigenvalue weighted by Crippen LogP contribution is 2.32. The van der Waals surface area contributed by atoms with E-state index in [1.165, 1.54) is 12.1 Å². The van der Waals surface area contributed by atoms with Gasteiger partial charge in [-0.1, -0.05) is 18.2 Å². The van der Waals surface area contributed by atoms with E-state index in [1.807, 2.05) is 24.3 Å². The smallest absolute Gasteiger partial charge is 0.335 e. The predicted octanol–water partition coefficient (Wildman–Crippen LogP) is 3.42. The first-order chi connectivity index (χ1) is 16.6. The molecule has 0 spiro atoms. The van der Waals surface area contributed by atoms with E-state index >= 15 is 0 Å². The Labute approximate surface area is 194 Å². The zero-order valence-electron chi connectivity index (χ0n) is 18.4. The van der Waals surface area contributed by atoms with Gasteiger partial charge in [0.1, 0.15) is 11.6 Å². The van der Waals surface area contributed by atoms with Crippen molar-refractivity contribution in [3.8, 4) is 0 Å². The van der Waals surface area contributed by atoms with Crippen LogP contribution < -0.4 is 10.5 Å². The quantitative estimate of drug-likeness (QED) is 0.507. The van der Waals surface area contributed by atoms with Crippen LogP contribution in [0, 0.1) is 0 Å². The van der Waals surface area contributed by atoms with Crippen LogP contribution in [-0.4, -0.2) is 51.9 Å². The van der Waals surface area contributed by atoms with E-state index in [9.17, 15) is 14.7 Å². The van der Waals surface area contributed by atoms with Gasteiger partial charge in [0.15, 0.2) is 0 Å². The molecular formula is C26H22N4O4. The van der Waals surface area contributed by atoms with E-state index in [-0.39, 0.29) is 11.1 Å². The summed E-state index contributed by atoms with van der Waals surface area (Å²) in [6.07, 6.45) is 2.74. The molecule has 170 valence electrons. The van der Waals surface area contributed by atoms with Gasteiger partial charge in [-0.2, -0.15) is 0 Å². The van der Waals surface area contributed by atoms with Gasteiger partial charge in [0, 0.05) is 30.6 Å². The maximum absolute atomic E-state index is 13.1. The van der Waals surface area contributed by atoms with E-state index in [0.717, 1.165) is 40.9 Å². The van der Waals surface area contributed by atoms with Crippen molar-refractivity contribution in [2.45, 2.75) is 13.0 Å².